The molecule has 2 aliphatic rings. The highest BCUT2D eigenvalue weighted by molar-refractivity contribution is 5.82. The van der Waals surface area contributed by atoms with Gasteiger partial charge in [0.2, 0.25) is 0 Å². The molecule has 1 atom stereocenters. The number of morpholine rings is 2. The summed E-state index contributed by atoms with van der Waals surface area (Å²) in [5.41, 5.74) is 0.937. The van der Waals surface area contributed by atoms with Gasteiger partial charge in [-0.25, -0.2) is 9.50 Å². The average molecular weight is 317 g/mol. The first kappa shape index (κ1) is 14.4. The number of ether oxygens (including phenoxy) is 2. The summed E-state index contributed by atoms with van der Waals surface area (Å²) >= 11 is 0. The Labute approximate surface area is 133 Å². The minimum Gasteiger partial charge on any atom is -0.378 e. The molecular formula is C15H19N5O3. The van der Waals surface area contributed by atoms with Crippen molar-refractivity contribution in [1.82, 2.24) is 19.5 Å². The van der Waals surface area contributed by atoms with Gasteiger partial charge in [0.05, 0.1) is 32.6 Å². The number of carbonyl (C=O) groups is 1. The van der Waals surface area contributed by atoms with E-state index in [-0.39, 0.29) is 5.91 Å². The largest absolute Gasteiger partial charge is 0.378 e. The summed E-state index contributed by atoms with van der Waals surface area (Å²) in [6, 6.07) is 1.93. The van der Waals surface area contributed by atoms with E-state index in [4.69, 9.17) is 9.47 Å². The maximum Gasteiger partial charge on any atom is 0.253 e. The van der Waals surface area contributed by atoms with Crippen LogP contribution < -0.4 is 4.90 Å². The number of amides is 1. The number of nitrogens with zero attached hydrogens (tertiary/aromatic N) is 5. The van der Waals surface area contributed by atoms with Crippen LogP contribution in [0.1, 0.15) is 0 Å². The smallest absolute Gasteiger partial charge is 0.253 e. The van der Waals surface area contributed by atoms with Crippen molar-refractivity contribution in [3.63, 3.8) is 0 Å². The molecule has 122 valence electrons. The summed E-state index contributed by atoms with van der Waals surface area (Å²) in [6.07, 6.45) is 4.84. The van der Waals surface area contributed by atoms with Gasteiger partial charge >= 0.3 is 0 Å². The molecule has 0 spiro atoms. The van der Waals surface area contributed by atoms with Crippen molar-refractivity contribution in [2.24, 2.45) is 0 Å². The Bertz CT molecular complexity index is 697. The second kappa shape index (κ2) is 6.13. The molecule has 0 radical (unpaired) electrons. The molecule has 2 aromatic rings. The van der Waals surface area contributed by atoms with Crippen molar-refractivity contribution in [1.29, 1.82) is 0 Å². The molecular weight excluding hydrogens is 298 g/mol. The third kappa shape index (κ3) is 2.75. The zero-order chi connectivity index (χ0) is 15.6. The second-order valence-electron chi connectivity index (χ2n) is 5.65. The lowest BCUT2D eigenvalue weighted by Gasteiger charge is -2.36. The first-order valence-corrected chi connectivity index (χ1v) is 7.84. The van der Waals surface area contributed by atoms with Gasteiger partial charge in [-0.1, -0.05) is 0 Å². The lowest BCUT2D eigenvalue weighted by molar-refractivity contribution is -0.148. The van der Waals surface area contributed by atoms with Gasteiger partial charge in [0.25, 0.3) is 5.91 Å². The number of aromatic nitrogens is 3. The highest BCUT2D eigenvalue weighted by atomic mass is 16.5. The Morgan fingerprint density at radius 2 is 2.04 bits per heavy atom. The highest BCUT2D eigenvalue weighted by Crippen LogP contribution is 2.21. The topological polar surface area (TPSA) is 72.2 Å². The van der Waals surface area contributed by atoms with Gasteiger partial charge in [-0.3, -0.25) is 4.79 Å². The van der Waals surface area contributed by atoms with Crippen LogP contribution in [0.2, 0.25) is 0 Å². The number of rotatable bonds is 2. The first-order valence-electron chi connectivity index (χ1n) is 7.84. The summed E-state index contributed by atoms with van der Waals surface area (Å²) < 4.78 is 12.8. The van der Waals surface area contributed by atoms with Gasteiger partial charge in [0.15, 0.2) is 11.9 Å². The molecule has 2 aliphatic heterocycles. The standard InChI is InChI=1S/C15H19N5O3/c21-15(18-5-8-22-9-6-18)13-11-19(7-10-23-13)14-12-1-2-17-20(12)4-3-16-14/h1-4,13H,5-11H2. The van der Waals surface area contributed by atoms with Crippen molar-refractivity contribution in [2.45, 2.75) is 6.10 Å². The number of hydrogen-bond acceptors (Lipinski definition) is 6. The maximum atomic E-state index is 12.6. The second-order valence-corrected chi connectivity index (χ2v) is 5.65. The minimum atomic E-state index is -0.452. The van der Waals surface area contributed by atoms with E-state index in [1.165, 1.54) is 0 Å². The molecule has 1 amide bonds. The molecule has 0 N–H and O–H groups in total. The number of carbonyl (C=O) groups excluding carboxylic acids is 1. The van der Waals surface area contributed by atoms with E-state index >= 15 is 0 Å². The van der Waals surface area contributed by atoms with E-state index in [1.54, 1.807) is 16.9 Å². The summed E-state index contributed by atoms with van der Waals surface area (Å²) in [7, 11) is 0. The van der Waals surface area contributed by atoms with Crippen LogP contribution >= 0.6 is 0 Å². The van der Waals surface area contributed by atoms with E-state index in [9.17, 15) is 4.79 Å². The summed E-state index contributed by atoms with van der Waals surface area (Å²) in [4.78, 5) is 21.0. The highest BCUT2D eigenvalue weighted by Gasteiger charge is 2.32. The van der Waals surface area contributed by atoms with Crippen LogP contribution in [0.5, 0.6) is 0 Å². The molecule has 0 aliphatic carbocycles. The molecule has 2 saturated heterocycles. The molecule has 23 heavy (non-hydrogen) atoms. The van der Waals surface area contributed by atoms with Crippen LogP contribution in [0.4, 0.5) is 5.82 Å². The Balaban J connectivity index is 1.52. The predicted octanol–water partition coefficient (Wildman–Crippen LogP) is -0.207. The fourth-order valence-electron chi connectivity index (χ4n) is 3.07. The third-order valence-electron chi connectivity index (χ3n) is 4.27. The summed E-state index contributed by atoms with van der Waals surface area (Å²) in [5, 5.41) is 4.23. The normalized spacial score (nSPS) is 22.5. The first-order chi connectivity index (χ1) is 11.3. The van der Waals surface area contributed by atoms with Crippen molar-refractivity contribution in [3.05, 3.63) is 24.7 Å². The van der Waals surface area contributed by atoms with Crippen molar-refractivity contribution < 1.29 is 14.3 Å². The van der Waals surface area contributed by atoms with E-state index < -0.39 is 6.10 Å². The minimum absolute atomic E-state index is 0.0402. The predicted molar refractivity (Wildman–Crippen MR) is 82.3 cm³/mol. The van der Waals surface area contributed by atoms with Gasteiger partial charge in [0, 0.05) is 32.0 Å². The molecule has 1 unspecified atom stereocenters. The Kier molecular flexibility index (Phi) is 3.84. The van der Waals surface area contributed by atoms with Crippen molar-refractivity contribution in [3.8, 4) is 0 Å². The van der Waals surface area contributed by atoms with E-state index in [1.807, 2.05) is 17.2 Å². The SMILES string of the molecule is O=C(C1CN(c2nccn3nccc23)CCO1)N1CCOCC1. The average Bonchev–Trinajstić information content (AvgIpc) is 3.10. The van der Waals surface area contributed by atoms with Crippen LogP contribution in [0, 0.1) is 0 Å². The number of fused-ring (bicyclic) bond motifs is 1. The maximum absolute atomic E-state index is 12.6. The summed E-state index contributed by atoms with van der Waals surface area (Å²) in [6.45, 7) is 4.19. The van der Waals surface area contributed by atoms with Gasteiger partial charge in [-0.2, -0.15) is 5.10 Å². The monoisotopic (exact) mass is 317 g/mol. The lowest BCUT2D eigenvalue weighted by Crippen LogP contribution is -2.53. The molecule has 0 saturated carbocycles. The molecule has 4 heterocycles. The number of anilines is 1. The zero-order valence-corrected chi connectivity index (χ0v) is 12.8. The van der Waals surface area contributed by atoms with Crippen LogP contribution in [0.15, 0.2) is 24.7 Å². The van der Waals surface area contributed by atoms with Crippen LogP contribution in [0.25, 0.3) is 5.52 Å². The molecule has 2 fully saturated rings. The Morgan fingerprint density at radius 3 is 2.91 bits per heavy atom. The fourth-order valence-corrected chi connectivity index (χ4v) is 3.07. The lowest BCUT2D eigenvalue weighted by atomic mass is 10.2. The molecule has 2 aromatic heterocycles. The molecule has 0 bridgehead atoms. The fraction of sp³-hybridized carbons (Fsp3) is 0.533. The van der Waals surface area contributed by atoms with Gasteiger partial charge < -0.3 is 19.3 Å². The molecule has 0 aromatic carbocycles. The van der Waals surface area contributed by atoms with Crippen LogP contribution in [-0.4, -0.2) is 77.5 Å². The van der Waals surface area contributed by atoms with Crippen molar-refractivity contribution >= 4 is 17.2 Å². The Morgan fingerprint density at radius 1 is 1.17 bits per heavy atom. The van der Waals surface area contributed by atoms with Crippen LogP contribution in [-0.2, 0) is 14.3 Å². The van der Waals surface area contributed by atoms with E-state index in [0.717, 1.165) is 11.3 Å². The van der Waals surface area contributed by atoms with Crippen molar-refractivity contribution in [2.75, 3.05) is 50.9 Å². The van der Waals surface area contributed by atoms with Gasteiger partial charge in [-0.15, -0.1) is 0 Å². The molecule has 4 rings (SSSR count). The van der Waals surface area contributed by atoms with E-state index in [2.05, 4.69) is 15.0 Å². The summed E-state index contributed by atoms with van der Waals surface area (Å²) in [5.74, 6) is 0.881. The molecule has 8 heteroatoms. The number of hydrogen-bond donors (Lipinski definition) is 0. The van der Waals surface area contributed by atoms with E-state index in [0.29, 0.717) is 46.0 Å². The quantitative estimate of drug-likeness (QED) is 0.763. The van der Waals surface area contributed by atoms with Gasteiger partial charge in [0.1, 0.15) is 5.52 Å². The Hall–Kier alpha value is -2.19. The van der Waals surface area contributed by atoms with Gasteiger partial charge in [-0.05, 0) is 6.07 Å². The third-order valence-corrected chi connectivity index (χ3v) is 4.27. The molecule has 8 nitrogen and oxygen atoms in total. The zero-order valence-electron chi connectivity index (χ0n) is 12.8. The van der Waals surface area contributed by atoms with Crippen LogP contribution in [0.3, 0.4) is 0 Å².